The maximum Gasteiger partial charge on any atom is 0.162 e. The monoisotopic (exact) mass is 294 g/mol. The summed E-state index contributed by atoms with van der Waals surface area (Å²) < 4.78 is 25.4. The van der Waals surface area contributed by atoms with Crippen LogP contribution in [-0.2, 0) is 9.47 Å². The number of rotatable bonds is 3. The van der Waals surface area contributed by atoms with Gasteiger partial charge in [0.2, 0.25) is 0 Å². The Balaban J connectivity index is 1.63. The highest BCUT2D eigenvalue weighted by Gasteiger charge is 2.28. The Morgan fingerprint density at radius 2 is 1.86 bits per heavy atom. The fraction of sp³-hybridized carbons (Fsp3) is 0.625. The second-order valence-electron chi connectivity index (χ2n) is 6.22. The zero-order chi connectivity index (χ0) is 14.9. The molecule has 2 fully saturated rings. The molecule has 1 N–H and O–H groups in total. The SMILES string of the molecule is CC1(C)OCC(Nc2ccc(N3CCCC3)c(F)c2)CO1. The Bertz CT molecular complexity index is 491. The second kappa shape index (κ2) is 5.81. The first-order valence-electron chi connectivity index (χ1n) is 7.62. The van der Waals surface area contributed by atoms with E-state index < -0.39 is 5.79 Å². The third-order valence-electron chi connectivity index (χ3n) is 4.03. The van der Waals surface area contributed by atoms with Gasteiger partial charge in [-0.15, -0.1) is 0 Å². The van der Waals surface area contributed by atoms with E-state index in [9.17, 15) is 4.39 Å². The topological polar surface area (TPSA) is 33.7 Å². The summed E-state index contributed by atoms with van der Waals surface area (Å²) in [6.07, 6.45) is 2.29. The predicted molar refractivity (Wildman–Crippen MR) is 81.2 cm³/mol. The van der Waals surface area contributed by atoms with Gasteiger partial charge < -0.3 is 19.7 Å². The first-order valence-corrected chi connectivity index (χ1v) is 7.62. The molecule has 2 aliphatic heterocycles. The van der Waals surface area contributed by atoms with Crippen LogP contribution in [-0.4, -0.2) is 38.1 Å². The normalized spacial score (nSPS) is 22.5. The molecule has 21 heavy (non-hydrogen) atoms. The summed E-state index contributed by atoms with van der Waals surface area (Å²) in [7, 11) is 0. The summed E-state index contributed by atoms with van der Waals surface area (Å²) >= 11 is 0. The van der Waals surface area contributed by atoms with Crippen LogP contribution in [0.2, 0.25) is 0 Å². The molecule has 0 aliphatic carbocycles. The molecule has 4 nitrogen and oxygen atoms in total. The van der Waals surface area contributed by atoms with E-state index in [-0.39, 0.29) is 11.9 Å². The molecular weight excluding hydrogens is 271 g/mol. The lowest BCUT2D eigenvalue weighted by molar-refractivity contribution is -0.247. The molecular formula is C16H23FN2O2. The molecule has 0 unspecified atom stereocenters. The molecule has 2 heterocycles. The number of nitrogens with one attached hydrogen (secondary N) is 1. The average molecular weight is 294 g/mol. The van der Waals surface area contributed by atoms with Crippen molar-refractivity contribution in [3.8, 4) is 0 Å². The Kier molecular flexibility index (Phi) is 4.04. The first-order chi connectivity index (χ1) is 10.0. The number of benzene rings is 1. The molecule has 3 rings (SSSR count). The molecule has 0 amide bonds. The van der Waals surface area contributed by atoms with Crippen LogP contribution in [0.4, 0.5) is 15.8 Å². The lowest BCUT2D eigenvalue weighted by Gasteiger charge is -2.35. The quantitative estimate of drug-likeness (QED) is 0.929. The molecule has 5 heteroatoms. The molecule has 0 bridgehead atoms. The summed E-state index contributed by atoms with van der Waals surface area (Å²) in [4.78, 5) is 2.11. The van der Waals surface area contributed by atoms with E-state index >= 15 is 0 Å². The van der Waals surface area contributed by atoms with Crippen LogP contribution in [0.5, 0.6) is 0 Å². The summed E-state index contributed by atoms with van der Waals surface area (Å²) in [6, 6.07) is 5.40. The van der Waals surface area contributed by atoms with Crippen molar-refractivity contribution in [1.82, 2.24) is 0 Å². The van der Waals surface area contributed by atoms with Crippen molar-refractivity contribution in [3.63, 3.8) is 0 Å². The summed E-state index contributed by atoms with van der Waals surface area (Å²) in [5.41, 5.74) is 1.47. The lowest BCUT2D eigenvalue weighted by atomic mass is 10.2. The predicted octanol–water partition coefficient (Wildman–Crippen LogP) is 2.99. The van der Waals surface area contributed by atoms with Crippen molar-refractivity contribution in [2.45, 2.75) is 38.5 Å². The van der Waals surface area contributed by atoms with E-state index in [1.165, 1.54) is 0 Å². The molecule has 116 valence electrons. The van der Waals surface area contributed by atoms with Gasteiger partial charge in [0.15, 0.2) is 5.79 Å². The smallest absolute Gasteiger partial charge is 0.162 e. The van der Waals surface area contributed by atoms with Crippen LogP contribution < -0.4 is 10.2 Å². The van der Waals surface area contributed by atoms with Gasteiger partial charge in [-0.3, -0.25) is 0 Å². The maximum atomic E-state index is 14.2. The summed E-state index contributed by atoms with van der Waals surface area (Å²) in [5.74, 6) is -0.692. The van der Waals surface area contributed by atoms with E-state index in [0.717, 1.165) is 31.6 Å². The highest BCUT2D eigenvalue weighted by molar-refractivity contribution is 5.57. The number of halogens is 1. The van der Waals surface area contributed by atoms with Crippen LogP contribution in [0.3, 0.4) is 0 Å². The van der Waals surface area contributed by atoms with Crippen molar-refractivity contribution in [3.05, 3.63) is 24.0 Å². The van der Waals surface area contributed by atoms with Gasteiger partial charge in [0.1, 0.15) is 5.82 Å². The maximum absolute atomic E-state index is 14.2. The largest absolute Gasteiger partial charge is 0.378 e. The number of ether oxygens (including phenoxy) is 2. The van der Waals surface area contributed by atoms with Gasteiger partial charge in [0, 0.05) is 18.8 Å². The van der Waals surface area contributed by atoms with E-state index in [4.69, 9.17) is 9.47 Å². The van der Waals surface area contributed by atoms with Gasteiger partial charge in [-0.05, 0) is 44.9 Å². The second-order valence-corrected chi connectivity index (χ2v) is 6.22. The van der Waals surface area contributed by atoms with Crippen LogP contribution in [0.25, 0.3) is 0 Å². The fourth-order valence-corrected chi connectivity index (χ4v) is 2.82. The van der Waals surface area contributed by atoms with Gasteiger partial charge in [-0.2, -0.15) is 0 Å². The first kappa shape index (κ1) is 14.6. The number of nitrogens with zero attached hydrogens (tertiary/aromatic N) is 1. The molecule has 0 aromatic heterocycles. The van der Waals surface area contributed by atoms with Crippen molar-refractivity contribution in [1.29, 1.82) is 0 Å². The molecule has 0 saturated carbocycles. The van der Waals surface area contributed by atoms with Gasteiger partial charge in [0.05, 0.1) is 24.9 Å². The fourth-order valence-electron chi connectivity index (χ4n) is 2.82. The minimum Gasteiger partial charge on any atom is -0.378 e. The minimum absolute atomic E-state index is 0.0510. The Morgan fingerprint density at radius 3 is 2.48 bits per heavy atom. The van der Waals surface area contributed by atoms with Crippen LogP contribution in [0.15, 0.2) is 18.2 Å². The van der Waals surface area contributed by atoms with Crippen LogP contribution >= 0.6 is 0 Å². The third kappa shape index (κ3) is 3.47. The Labute approximate surface area is 125 Å². The minimum atomic E-state index is -0.525. The molecule has 2 aliphatic rings. The van der Waals surface area contributed by atoms with Crippen molar-refractivity contribution in [2.75, 3.05) is 36.5 Å². The van der Waals surface area contributed by atoms with Crippen LogP contribution in [0, 0.1) is 5.82 Å². The van der Waals surface area contributed by atoms with Gasteiger partial charge >= 0.3 is 0 Å². The Hall–Kier alpha value is -1.33. The molecule has 0 atom stereocenters. The highest BCUT2D eigenvalue weighted by Crippen LogP contribution is 2.27. The summed E-state index contributed by atoms with van der Waals surface area (Å²) in [5, 5.41) is 3.27. The van der Waals surface area contributed by atoms with Crippen LogP contribution in [0.1, 0.15) is 26.7 Å². The molecule has 0 spiro atoms. The molecule has 1 aromatic rings. The van der Waals surface area contributed by atoms with E-state index in [2.05, 4.69) is 10.2 Å². The number of anilines is 2. The summed E-state index contributed by atoms with van der Waals surface area (Å²) in [6.45, 7) is 6.80. The van der Waals surface area contributed by atoms with Crippen molar-refractivity contribution < 1.29 is 13.9 Å². The standard InChI is InChI=1S/C16H23FN2O2/c1-16(2)20-10-13(11-21-16)18-12-5-6-15(14(17)9-12)19-7-3-4-8-19/h5-6,9,13,18H,3-4,7-8,10-11H2,1-2H3. The van der Waals surface area contributed by atoms with Gasteiger partial charge in [-0.25, -0.2) is 4.39 Å². The van der Waals surface area contributed by atoms with Gasteiger partial charge in [0.25, 0.3) is 0 Å². The highest BCUT2D eigenvalue weighted by atomic mass is 19.1. The Morgan fingerprint density at radius 1 is 1.19 bits per heavy atom. The zero-order valence-corrected chi connectivity index (χ0v) is 12.7. The van der Waals surface area contributed by atoms with E-state index in [1.807, 2.05) is 26.0 Å². The molecule has 0 radical (unpaired) electrons. The zero-order valence-electron chi connectivity index (χ0n) is 12.7. The van der Waals surface area contributed by atoms with Crippen molar-refractivity contribution in [2.24, 2.45) is 0 Å². The number of hydrogen-bond acceptors (Lipinski definition) is 4. The lowest BCUT2D eigenvalue weighted by Crippen LogP contribution is -2.45. The number of hydrogen-bond donors (Lipinski definition) is 1. The van der Waals surface area contributed by atoms with E-state index in [1.54, 1.807) is 6.07 Å². The molecule has 2 saturated heterocycles. The van der Waals surface area contributed by atoms with Gasteiger partial charge in [-0.1, -0.05) is 0 Å². The van der Waals surface area contributed by atoms with Crippen molar-refractivity contribution >= 4 is 11.4 Å². The third-order valence-corrected chi connectivity index (χ3v) is 4.03. The van der Waals surface area contributed by atoms with E-state index in [0.29, 0.717) is 18.9 Å². The molecule has 1 aromatic carbocycles. The average Bonchev–Trinajstić information content (AvgIpc) is 2.95.